The van der Waals surface area contributed by atoms with Crippen LogP contribution in [0.15, 0.2) is 78.9 Å². The highest BCUT2D eigenvalue weighted by molar-refractivity contribution is 8.01. The topological polar surface area (TPSA) is 67.4 Å². The molecule has 1 atom stereocenters. The summed E-state index contributed by atoms with van der Waals surface area (Å²) in [6.45, 7) is 3.78. The van der Waals surface area contributed by atoms with E-state index in [9.17, 15) is 9.59 Å². The fraction of sp³-hybridized carbons (Fsp3) is 0.167. The largest absolute Gasteiger partial charge is 0.457 e. The average molecular weight is 421 g/mol. The van der Waals surface area contributed by atoms with E-state index in [1.807, 2.05) is 61.5 Å². The SMILES string of the molecule is Cc1ccc(NC(=O)CS[C@H](C)C(=O)Nc2ccc(Oc3ccccc3)cc2)cc1. The normalized spacial score (nSPS) is 11.4. The lowest BCUT2D eigenvalue weighted by molar-refractivity contribution is -0.115. The molecular weight excluding hydrogens is 396 g/mol. The molecule has 0 fully saturated rings. The van der Waals surface area contributed by atoms with E-state index in [0.29, 0.717) is 11.4 Å². The molecule has 0 aliphatic rings. The van der Waals surface area contributed by atoms with Crippen LogP contribution in [-0.4, -0.2) is 22.8 Å². The number of carbonyl (C=O) groups is 2. The van der Waals surface area contributed by atoms with Crippen LogP contribution >= 0.6 is 11.8 Å². The number of carbonyl (C=O) groups excluding carboxylic acids is 2. The van der Waals surface area contributed by atoms with Crippen molar-refractivity contribution in [3.8, 4) is 11.5 Å². The summed E-state index contributed by atoms with van der Waals surface area (Å²) < 4.78 is 5.74. The second-order valence-electron chi connectivity index (χ2n) is 6.80. The molecule has 6 heteroatoms. The average Bonchev–Trinajstić information content (AvgIpc) is 2.76. The Bertz CT molecular complexity index is 974. The first-order valence-electron chi connectivity index (χ1n) is 9.61. The summed E-state index contributed by atoms with van der Waals surface area (Å²) in [4.78, 5) is 24.5. The number of hydrogen-bond acceptors (Lipinski definition) is 4. The lowest BCUT2D eigenvalue weighted by Gasteiger charge is -2.13. The van der Waals surface area contributed by atoms with Gasteiger partial charge < -0.3 is 15.4 Å². The van der Waals surface area contributed by atoms with E-state index in [2.05, 4.69) is 10.6 Å². The van der Waals surface area contributed by atoms with E-state index in [4.69, 9.17) is 4.74 Å². The van der Waals surface area contributed by atoms with Gasteiger partial charge in [-0.1, -0.05) is 35.9 Å². The smallest absolute Gasteiger partial charge is 0.237 e. The number of rotatable bonds is 8. The third-order valence-electron chi connectivity index (χ3n) is 4.27. The molecule has 3 aromatic rings. The van der Waals surface area contributed by atoms with Gasteiger partial charge in [-0.15, -0.1) is 11.8 Å². The van der Waals surface area contributed by atoms with Crippen LogP contribution in [-0.2, 0) is 9.59 Å². The summed E-state index contributed by atoms with van der Waals surface area (Å²) in [5.41, 5.74) is 2.56. The van der Waals surface area contributed by atoms with E-state index in [-0.39, 0.29) is 22.8 Å². The maximum Gasteiger partial charge on any atom is 0.237 e. The quantitative estimate of drug-likeness (QED) is 0.506. The predicted molar refractivity (Wildman–Crippen MR) is 123 cm³/mol. The lowest BCUT2D eigenvalue weighted by Crippen LogP contribution is -2.25. The molecule has 0 spiro atoms. The summed E-state index contributed by atoms with van der Waals surface area (Å²) >= 11 is 1.29. The first-order valence-corrected chi connectivity index (χ1v) is 10.7. The van der Waals surface area contributed by atoms with Gasteiger partial charge in [-0.3, -0.25) is 9.59 Å². The molecule has 0 saturated heterocycles. The first kappa shape index (κ1) is 21.5. The number of hydrogen-bond donors (Lipinski definition) is 2. The summed E-state index contributed by atoms with van der Waals surface area (Å²) in [6.07, 6.45) is 0. The van der Waals surface area contributed by atoms with Crippen LogP contribution in [0.4, 0.5) is 11.4 Å². The Morgan fingerprint density at radius 3 is 2.07 bits per heavy atom. The minimum absolute atomic E-state index is 0.133. The third-order valence-corrected chi connectivity index (χ3v) is 5.41. The van der Waals surface area contributed by atoms with Crippen LogP contribution in [0.3, 0.4) is 0 Å². The van der Waals surface area contributed by atoms with Crippen molar-refractivity contribution in [2.45, 2.75) is 19.1 Å². The zero-order valence-electron chi connectivity index (χ0n) is 16.9. The molecular formula is C24H24N2O3S. The minimum atomic E-state index is -0.367. The Labute approximate surface area is 180 Å². The van der Waals surface area contributed by atoms with Crippen LogP contribution in [0.5, 0.6) is 11.5 Å². The van der Waals surface area contributed by atoms with Gasteiger partial charge in [0.2, 0.25) is 11.8 Å². The van der Waals surface area contributed by atoms with Gasteiger partial charge in [0.25, 0.3) is 0 Å². The second kappa shape index (κ2) is 10.5. The standard InChI is InChI=1S/C24H24N2O3S/c1-17-8-10-19(11-9-17)25-23(27)16-30-18(2)24(28)26-20-12-14-22(15-13-20)29-21-6-4-3-5-7-21/h3-15,18H,16H2,1-2H3,(H,25,27)(H,26,28)/t18-/m1/s1. The van der Waals surface area contributed by atoms with Crippen molar-refractivity contribution in [2.75, 3.05) is 16.4 Å². The highest BCUT2D eigenvalue weighted by atomic mass is 32.2. The Morgan fingerprint density at radius 2 is 1.40 bits per heavy atom. The number of aryl methyl sites for hydroxylation is 1. The Balaban J connectivity index is 1.44. The molecule has 0 saturated carbocycles. The van der Waals surface area contributed by atoms with Gasteiger partial charge >= 0.3 is 0 Å². The fourth-order valence-electron chi connectivity index (χ4n) is 2.59. The van der Waals surface area contributed by atoms with Gasteiger partial charge in [-0.25, -0.2) is 0 Å². The summed E-state index contributed by atoms with van der Waals surface area (Å²) in [5, 5.41) is 5.33. The maximum atomic E-state index is 12.4. The van der Waals surface area contributed by atoms with Crippen LogP contribution < -0.4 is 15.4 Å². The molecule has 3 aromatic carbocycles. The zero-order valence-corrected chi connectivity index (χ0v) is 17.7. The number of amides is 2. The van der Waals surface area contributed by atoms with E-state index < -0.39 is 0 Å². The molecule has 0 radical (unpaired) electrons. The predicted octanol–water partition coefficient (Wildman–Crippen LogP) is 5.49. The number of ether oxygens (including phenoxy) is 1. The van der Waals surface area contributed by atoms with Crippen molar-refractivity contribution < 1.29 is 14.3 Å². The highest BCUT2D eigenvalue weighted by Gasteiger charge is 2.15. The maximum absolute atomic E-state index is 12.4. The van der Waals surface area contributed by atoms with Crippen molar-refractivity contribution in [3.05, 3.63) is 84.4 Å². The van der Waals surface area contributed by atoms with Crippen molar-refractivity contribution >= 4 is 35.0 Å². The molecule has 0 aliphatic heterocycles. The van der Waals surface area contributed by atoms with Crippen molar-refractivity contribution in [1.29, 1.82) is 0 Å². The molecule has 0 aliphatic carbocycles. The molecule has 3 rings (SSSR count). The minimum Gasteiger partial charge on any atom is -0.457 e. The molecule has 5 nitrogen and oxygen atoms in total. The van der Waals surface area contributed by atoms with Gasteiger partial charge in [0.15, 0.2) is 0 Å². The lowest BCUT2D eigenvalue weighted by atomic mass is 10.2. The van der Waals surface area contributed by atoms with E-state index in [1.165, 1.54) is 11.8 Å². The number of benzene rings is 3. The molecule has 0 heterocycles. The van der Waals surface area contributed by atoms with E-state index >= 15 is 0 Å². The van der Waals surface area contributed by atoms with E-state index in [0.717, 1.165) is 17.0 Å². The monoisotopic (exact) mass is 420 g/mol. The van der Waals surface area contributed by atoms with Gasteiger partial charge in [0.05, 0.1) is 11.0 Å². The van der Waals surface area contributed by atoms with Crippen LogP contribution in [0.25, 0.3) is 0 Å². The number of anilines is 2. The van der Waals surface area contributed by atoms with Gasteiger partial charge in [-0.05, 0) is 62.4 Å². The zero-order chi connectivity index (χ0) is 21.3. The molecule has 2 amide bonds. The third kappa shape index (κ3) is 6.67. The Kier molecular flexibility index (Phi) is 7.51. The number of nitrogens with one attached hydrogen (secondary N) is 2. The van der Waals surface area contributed by atoms with Crippen molar-refractivity contribution in [3.63, 3.8) is 0 Å². The molecule has 0 aromatic heterocycles. The summed E-state index contributed by atoms with van der Waals surface area (Å²) in [6, 6.07) is 24.3. The van der Waals surface area contributed by atoms with Gasteiger partial charge in [0, 0.05) is 11.4 Å². The second-order valence-corrected chi connectivity index (χ2v) is 8.13. The van der Waals surface area contributed by atoms with Crippen molar-refractivity contribution in [2.24, 2.45) is 0 Å². The van der Waals surface area contributed by atoms with Crippen LogP contribution in [0.1, 0.15) is 12.5 Å². The highest BCUT2D eigenvalue weighted by Crippen LogP contribution is 2.23. The van der Waals surface area contributed by atoms with Crippen LogP contribution in [0, 0.1) is 6.92 Å². The van der Waals surface area contributed by atoms with Gasteiger partial charge in [0.1, 0.15) is 11.5 Å². The molecule has 0 unspecified atom stereocenters. The van der Waals surface area contributed by atoms with Gasteiger partial charge in [-0.2, -0.15) is 0 Å². The fourth-order valence-corrected chi connectivity index (χ4v) is 3.27. The Hall–Kier alpha value is -3.25. The number of thioether (sulfide) groups is 1. The van der Waals surface area contributed by atoms with Crippen molar-refractivity contribution in [1.82, 2.24) is 0 Å². The summed E-state index contributed by atoms with van der Waals surface area (Å²) in [7, 11) is 0. The molecule has 2 N–H and O–H groups in total. The summed E-state index contributed by atoms with van der Waals surface area (Å²) in [5.74, 6) is 1.36. The molecule has 0 bridgehead atoms. The number of para-hydroxylation sites is 1. The van der Waals surface area contributed by atoms with Crippen LogP contribution in [0.2, 0.25) is 0 Å². The van der Waals surface area contributed by atoms with E-state index in [1.54, 1.807) is 31.2 Å². The molecule has 154 valence electrons. The first-order chi connectivity index (χ1) is 14.5. The molecule has 30 heavy (non-hydrogen) atoms. The Morgan fingerprint density at radius 1 is 0.833 bits per heavy atom.